The predicted octanol–water partition coefficient (Wildman–Crippen LogP) is 6.27. The highest BCUT2D eigenvalue weighted by atomic mass is 14.1. The molecule has 0 aliphatic heterocycles. The first-order valence-corrected chi connectivity index (χ1v) is 7.58. The van der Waals surface area contributed by atoms with Gasteiger partial charge in [-0.3, -0.25) is 0 Å². The Labute approximate surface area is 125 Å². The highest BCUT2D eigenvalue weighted by Gasteiger charge is 2.07. The third-order valence-electron chi connectivity index (χ3n) is 4.40. The van der Waals surface area contributed by atoms with Crippen LogP contribution in [0, 0.1) is 0 Å². The van der Waals surface area contributed by atoms with Crippen molar-refractivity contribution < 1.29 is 0 Å². The van der Waals surface area contributed by atoms with Gasteiger partial charge < -0.3 is 0 Å². The Kier molecular flexibility index (Phi) is 2.71. The summed E-state index contributed by atoms with van der Waals surface area (Å²) in [5, 5.41) is 8.05. The lowest BCUT2D eigenvalue weighted by molar-refractivity contribution is 0.876. The fourth-order valence-electron chi connectivity index (χ4n) is 3.31. The number of hydrogen-bond acceptors (Lipinski definition) is 0. The number of benzene rings is 4. The number of fused-ring (bicyclic) bond motifs is 4. The summed E-state index contributed by atoms with van der Waals surface area (Å²) in [6.45, 7) is 4.53. The molecule has 0 unspecified atom stereocenters. The zero-order valence-corrected chi connectivity index (χ0v) is 12.4. The maximum atomic E-state index is 2.35. The summed E-state index contributed by atoms with van der Waals surface area (Å²) < 4.78 is 0. The predicted molar refractivity (Wildman–Crippen MR) is 93.0 cm³/mol. The van der Waals surface area contributed by atoms with E-state index in [9.17, 15) is 0 Å². The first kappa shape index (κ1) is 12.4. The second kappa shape index (κ2) is 4.60. The molecule has 0 aromatic heterocycles. The summed E-state index contributed by atoms with van der Waals surface area (Å²) in [6, 6.07) is 24.4. The van der Waals surface area contributed by atoms with Gasteiger partial charge in [0.05, 0.1) is 0 Å². The van der Waals surface area contributed by atoms with E-state index in [0.29, 0.717) is 5.92 Å². The Hall–Kier alpha value is -2.34. The molecule has 4 aromatic rings. The van der Waals surface area contributed by atoms with Crippen LogP contribution in [0.1, 0.15) is 25.3 Å². The van der Waals surface area contributed by atoms with Crippen LogP contribution in [0.3, 0.4) is 0 Å². The topological polar surface area (TPSA) is 0 Å². The Bertz CT molecular complexity index is 961. The Morgan fingerprint density at radius 3 is 2.10 bits per heavy atom. The number of hydrogen-bond donors (Lipinski definition) is 0. The standard InChI is InChI=1S/C21H18/c1-14(2)18-9-5-7-16-12-21-17(13-20(16)18)11-10-15-6-3-4-8-19(15)21/h3-14H,1-2H3. The van der Waals surface area contributed by atoms with Crippen LogP contribution in [0.15, 0.2) is 66.7 Å². The summed E-state index contributed by atoms with van der Waals surface area (Å²) in [6.07, 6.45) is 0. The molecule has 0 atom stereocenters. The zero-order valence-electron chi connectivity index (χ0n) is 12.4. The molecule has 0 radical (unpaired) electrons. The largest absolute Gasteiger partial charge is 0.0616 e. The molecule has 0 saturated heterocycles. The SMILES string of the molecule is CC(C)c1cccc2cc3c(ccc4ccccc43)cc12. The molecule has 21 heavy (non-hydrogen) atoms. The van der Waals surface area contributed by atoms with Crippen molar-refractivity contribution in [2.24, 2.45) is 0 Å². The van der Waals surface area contributed by atoms with Gasteiger partial charge in [-0.25, -0.2) is 0 Å². The molecule has 0 heterocycles. The monoisotopic (exact) mass is 270 g/mol. The van der Waals surface area contributed by atoms with Crippen LogP contribution < -0.4 is 0 Å². The van der Waals surface area contributed by atoms with Gasteiger partial charge in [0, 0.05) is 0 Å². The van der Waals surface area contributed by atoms with Crippen LogP contribution in [0.2, 0.25) is 0 Å². The molecule has 0 N–H and O–H groups in total. The van der Waals surface area contributed by atoms with Crippen molar-refractivity contribution in [2.75, 3.05) is 0 Å². The third kappa shape index (κ3) is 1.91. The smallest absolute Gasteiger partial charge is 0.00990 e. The summed E-state index contributed by atoms with van der Waals surface area (Å²) >= 11 is 0. The minimum atomic E-state index is 0.548. The van der Waals surface area contributed by atoms with Crippen molar-refractivity contribution in [3.05, 3.63) is 72.3 Å². The summed E-state index contributed by atoms with van der Waals surface area (Å²) in [4.78, 5) is 0. The first-order valence-electron chi connectivity index (χ1n) is 7.58. The lowest BCUT2D eigenvalue weighted by Gasteiger charge is -2.12. The van der Waals surface area contributed by atoms with Crippen LogP contribution in [0.5, 0.6) is 0 Å². The van der Waals surface area contributed by atoms with Crippen molar-refractivity contribution in [3.8, 4) is 0 Å². The molecule has 4 rings (SSSR count). The lowest BCUT2D eigenvalue weighted by Crippen LogP contribution is -1.89. The summed E-state index contributed by atoms with van der Waals surface area (Å²) in [7, 11) is 0. The molecule has 0 aliphatic rings. The van der Waals surface area contributed by atoms with E-state index >= 15 is 0 Å². The average molecular weight is 270 g/mol. The number of rotatable bonds is 1. The fraction of sp³-hybridized carbons (Fsp3) is 0.143. The van der Waals surface area contributed by atoms with E-state index in [-0.39, 0.29) is 0 Å². The molecule has 0 aliphatic carbocycles. The van der Waals surface area contributed by atoms with Crippen LogP contribution >= 0.6 is 0 Å². The van der Waals surface area contributed by atoms with E-state index in [1.54, 1.807) is 0 Å². The van der Waals surface area contributed by atoms with Crippen molar-refractivity contribution >= 4 is 32.3 Å². The summed E-state index contributed by atoms with van der Waals surface area (Å²) in [5.74, 6) is 0.548. The van der Waals surface area contributed by atoms with Gasteiger partial charge in [0.2, 0.25) is 0 Å². The molecule has 4 aromatic carbocycles. The molecule has 0 amide bonds. The second-order valence-electron chi connectivity index (χ2n) is 6.08. The average Bonchev–Trinajstić information content (AvgIpc) is 2.52. The highest BCUT2D eigenvalue weighted by Crippen LogP contribution is 2.32. The van der Waals surface area contributed by atoms with E-state index in [1.807, 2.05) is 0 Å². The van der Waals surface area contributed by atoms with Gasteiger partial charge in [-0.15, -0.1) is 0 Å². The molecule has 0 nitrogen and oxygen atoms in total. The summed E-state index contributed by atoms with van der Waals surface area (Å²) in [5.41, 5.74) is 1.43. The van der Waals surface area contributed by atoms with Crippen molar-refractivity contribution in [1.82, 2.24) is 0 Å². The minimum absolute atomic E-state index is 0.548. The van der Waals surface area contributed by atoms with Crippen molar-refractivity contribution in [2.45, 2.75) is 19.8 Å². The molecule has 0 bridgehead atoms. The van der Waals surface area contributed by atoms with E-state index in [0.717, 1.165) is 0 Å². The van der Waals surface area contributed by atoms with Crippen LogP contribution in [-0.2, 0) is 0 Å². The fourth-order valence-corrected chi connectivity index (χ4v) is 3.31. The Morgan fingerprint density at radius 2 is 1.24 bits per heavy atom. The molecule has 0 saturated carbocycles. The molecular weight excluding hydrogens is 252 g/mol. The van der Waals surface area contributed by atoms with Crippen molar-refractivity contribution in [3.63, 3.8) is 0 Å². The van der Waals surface area contributed by atoms with Gasteiger partial charge in [-0.2, -0.15) is 0 Å². The van der Waals surface area contributed by atoms with E-state index < -0.39 is 0 Å². The Balaban J connectivity index is 2.18. The van der Waals surface area contributed by atoms with Crippen LogP contribution in [0.25, 0.3) is 32.3 Å². The van der Waals surface area contributed by atoms with Crippen molar-refractivity contribution in [1.29, 1.82) is 0 Å². The maximum absolute atomic E-state index is 2.35. The lowest BCUT2D eigenvalue weighted by atomic mass is 9.92. The van der Waals surface area contributed by atoms with Gasteiger partial charge in [0.25, 0.3) is 0 Å². The third-order valence-corrected chi connectivity index (χ3v) is 4.40. The quantitative estimate of drug-likeness (QED) is 0.282. The van der Waals surface area contributed by atoms with Crippen LogP contribution in [-0.4, -0.2) is 0 Å². The highest BCUT2D eigenvalue weighted by molar-refractivity contribution is 6.12. The molecule has 0 heteroatoms. The minimum Gasteiger partial charge on any atom is -0.0616 e. The zero-order chi connectivity index (χ0) is 14.4. The van der Waals surface area contributed by atoms with Gasteiger partial charge in [0.15, 0.2) is 0 Å². The maximum Gasteiger partial charge on any atom is -0.00990 e. The first-order chi connectivity index (χ1) is 10.2. The van der Waals surface area contributed by atoms with Gasteiger partial charge >= 0.3 is 0 Å². The normalized spacial score (nSPS) is 11.8. The molecule has 102 valence electrons. The van der Waals surface area contributed by atoms with Gasteiger partial charge in [-0.05, 0) is 55.9 Å². The Morgan fingerprint density at radius 1 is 0.571 bits per heavy atom. The second-order valence-corrected chi connectivity index (χ2v) is 6.08. The molecule has 0 fully saturated rings. The van der Waals surface area contributed by atoms with E-state index in [1.165, 1.54) is 37.9 Å². The molecule has 0 spiro atoms. The van der Waals surface area contributed by atoms with E-state index in [4.69, 9.17) is 0 Å². The van der Waals surface area contributed by atoms with Gasteiger partial charge in [-0.1, -0.05) is 68.4 Å². The van der Waals surface area contributed by atoms with E-state index in [2.05, 4.69) is 80.6 Å². The van der Waals surface area contributed by atoms with Crippen LogP contribution in [0.4, 0.5) is 0 Å². The van der Waals surface area contributed by atoms with Gasteiger partial charge in [0.1, 0.15) is 0 Å². The molecular formula is C21H18.